The first-order chi connectivity index (χ1) is 14.0. The molecule has 2 aromatic carbocycles. The van der Waals surface area contributed by atoms with Gasteiger partial charge < -0.3 is 9.64 Å². The Hall–Kier alpha value is -3.48. The molecule has 29 heavy (non-hydrogen) atoms. The summed E-state index contributed by atoms with van der Waals surface area (Å²) in [5, 5.41) is 11.9. The van der Waals surface area contributed by atoms with E-state index in [0.717, 1.165) is 12.0 Å². The predicted molar refractivity (Wildman–Crippen MR) is 110 cm³/mol. The van der Waals surface area contributed by atoms with Crippen molar-refractivity contribution in [2.24, 2.45) is 0 Å². The highest BCUT2D eigenvalue weighted by molar-refractivity contribution is 5.64. The first-order valence-corrected chi connectivity index (χ1v) is 9.62. The number of fused-ring (bicyclic) bond motifs is 1. The molecule has 0 N–H and O–H groups in total. The molecule has 0 fully saturated rings. The van der Waals surface area contributed by atoms with E-state index in [1.165, 1.54) is 17.5 Å². The number of anilines is 1. The fourth-order valence-electron chi connectivity index (χ4n) is 3.53. The van der Waals surface area contributed by atoms with Crippen molar-refractivity contribution in [1.29, 1.82) is 0 Å². The largest absolute Gasteiger partial charge is 0.434 e. The summed E-state index contributed by atoms with van der Waals surface area (Å²) >= 11 is 0. The Bertz CT molecular complexity index is 1030. The summed E-state index contributed by atoms with van der Waals surface area (Å²) in [6.07, 6.45) is 2.13. The monoisotopic (exact) mass is 390 g/mol. The van der Waals surface area contributed by atoms with Gasteiger partial charge in [-0.3, -0.25) is 10.1 Å². The van der Waals surface area contributed by atoms with Crippen LogP contribution in [-0.2, 0) is 13.0 Å². The van der Waals surface area contributed by atoms with Crippen molar-refractivity contribution in [1.82, 2.24) is 9.97 Å². The zero-order valence-corrected chi connectivity index (χ0v) is 16.4. The normalized spacial score (nSPS) is 13.3. The average molecular weight is 390 g/mol. The van der Waals surface area contributed by atoms with Crippen LogP contribution in [0.15, 0.2) is 54.9 Å². The molecule has 0 aliphatic carbocycles. The summed E-state index contributed by atoms with van der Waals surface area (Å²) in [6, 6.07) is 15.6. The van der Waals surface area contributed by atoms with Gasteiger partial charge in [-0.25, -0.2) is 4.98 Å². The molecular weight excluding hydrogens is 368 g/mol. The fraction of sp³-hybridized carbons (Fsp3) is 0.273. The minimum Gasteiger partial charge on any atom is -0.434 e. The minimum absolute atomic E-state index is 0.0452. The van der Waals surface area contributed by atoms with Crippen LogP contribution in [0, 0.1) is 10.1 Å². The van der Waals surface area contributed by atoms with Crippen LogP contribution in [0.3, 0.4) is 0 Å². The van der Waals surface area contributed by atoms with Crippen LogP contribution < -0.4 is 9.64 Å². The highest BCUT2D eigenvalue weighted by Crippen LogP contribution is 2.37. The summed E-state index contributed by atoms with van der Waals surface area (Å²) in [6.45, 7) is 5.43. The van der Waals surface area contributed by atoms with Gasteiger partial charge in [0.1, 0.15) is 12.1 Å². The fourth-order valence-corrected chi connectivity index (χ4v) is 3.53. The number of benzene rings is 2. The summed E-state index contributed by atoms with van der Waals surface area (Å²) < 4.78 is 5.79. The topological polar surface area (TPSA) is 81.4 Å². The van der Waals surface area contributed by atoms with Crippen LogP contribution in [-0.4, -0.2) is 21.4 Å². The maximum atomic E-state index is 11.9. The zero-order chi connectivity index (χ0) is 20.4. The standard InChI is InChI=1S/C22H22N4O3/c1-15(2)16-7-9-19(10-8-16)29-22-20(26(27)28)21(23-14-24-22)25-12-11-17-5-3-4-6-18(17)13-25/h3-10,14-15H,11-13H2,1-2H3. The van der Waals surface area contributed by atoms with Gasteiger partial charge >= 0.3 is 11.6 Å². The summed E-state index contributed by atoms with van der Waals surface area (Å²) in [4.78, 5) is 21.6. The Morgan fingerprint density at radius 1 is 1.07 bits per heavy atom. The van der Waals surface area contributed by atoms with Crippen LogP contribution in [0.25, 0.3) is 0 Å². The molecule has 0 bridgehead atoms. The van der Waals surface area contributed by atoms with E-state index in [1.807, 2.05) is 35.2 Å². The average Bonchev–Trinajstić information content (AvgIpc) is 2.73. The van der Waals surface area contributed by atoms with Gasteiger partial charge in [-0.2, -0.15) is 4.98 Å². The van der Waals surface area contributed by atoms with Crippen molar-refractivity contribution < 1.29 is 9.66 Å². The van der Waals surface area contributed by atoms with Gasteiger partial charge in [-0.15, -0.1) is 0 Å². The second kappa shape index (κ2) is 7.87. The van der Waals surface area contributed by atoms with Crippen LogP contribution >= 0.6 is 0 Å². The van der Waals surface area contributed by atoms with E-state index in [9.17, 15) is 10.1 Å². The highest BCUT2D eigenvalue weighted by Gasteiger charge is 2.30. The highest BCUT2D eigenvalue weighted by atomic mass is 16.6. The Balaban J connectivity index is 1.65. The SMILES string of the molecule is CC(C)c1ccc(Oc2ncnc(N3CCc4ccccc4C3)c2[N+](=O)[O-])cc1. The Kier molecular flexibility index (Phi) is 5.12. The third-order valence-corrected chi connectivity index (χ3v) is 5.14. The molecule has 0 atom stereocenters. The summed E-state index contributed by atoms with van der Waals surface area (Å²) in [5.74, 6) is 1.14. The molecule has 0 spiro atoms. The maximum Gasteiger partial charge on any atom is 0.373 e. The Morgan fingerprint density at radius 3 is 2.48 bits per heavy atom. The van der Waals surface area contributed by atoms with E-state index in [1.54, 1.807) is 12.1 Å². The lowest BCUT2D eigenvalue weighted by Gasteiger charge is -2.29. The molecular formula is C22H22N4O3. The number of aromatic nitrogens is 2. The lowest BCUT2D eigenvalue weighted by Crippen LogP contribution is -2.31. The molecule has 4 rings (SSSR count). The molecule has 0 saturated carbocycles. The van der Waals surface area contributed by atoms with Crippen molar-refractivity contribution in [2.45, 2.75) is 32.7 Å². The molecule has 1 aliphatic rings. The molecule has 0 unspecified atom stereocenters. The molecule has 0 saturated heterocycles. The first-order valence-electron chi connectivity index (χ1n) is 9.62. The molecule has 7 nitrogen and oxygen atoms in total. The van der Waals surface area contributed by atoms with Crippen LogP contribution in [0.4, 0.5) is 11.5 Å². The van der Waals surface area contributed by atoms with E-state index in [-0.39, 0.29) is 17.4 Å². The number of rotatable bonds is 5. The van der Waals surface area contributed by atoms with Crippen LogP contribution in [0.2, 0.25) is 0 Å². The van der Waals surface area contributed by atoms with Gasteiger partial charge in [0.2, 0.25) is 5.82 Å². The molecule has 3 aromatic rings. The van der Waals surface area contributed by atoms with Crippen molar-refractivity contribution in [3.63, 3.8) is 0 Å². The van der Waals surface area contributed by atoms with Gasteiger partial charge in [0, 0.05) is 13.1 Å². The van der Waals surface area contributed by atoms with Gasteiger partial charge in [0.05, 0.1) is 4.92 Å². The Morgan fingerprint density at radius 2 is 1.79 bits per heavy atom. The Labute approximate surface area is 169 Å². The van der Waals surface area contributed by atoms with Crippen molar-refractivity contribution in [3.05, 3.63) is 81.7 Å². The second-order valence-corrected chi connectivity index (χ2v) is 7.37. The first kappa shape index (κ1) is 18.9. The number of ether oxygens (including phenoxy) is 1. The van der Waals surface area contributed by atoms with E-state index in [0.29, 0.717) is 24.8 Å². The number of nitrogens with zero attached hydrogens (tertiary/aromatic N) is 4. The quantitative estimate of drug-likeness (QED) is 0.457. The predicted octanol–water partition coefficient (Wildman–Crippen LogP) is 4.86. The third kappa shape index (κ3) is 3.89. The van der Waals surface area contributed by atoms with Gasteiger partial charge in [-0.1, -0.05) is 50.2 Å². The van der Waals surface area contributed by atoms with Gasteiger partial charge in [-0.05, 0) is 41.2 Å². The van der Waals surface area contributed by atoms with Crippen LogP contribution in [0.1, 0.15) is 36.5 Å². The van der Waals surface area contributed by atoms with E-state index in [4.69, 9.17) is 4.74 Å². The third-order valence-electron chi connectivity index (χ3n) is 5.14. The molecule has 0 amide bonds. The van der Waals surface area contributed by atoms with Crippen molar-refractivity contribution >= 4 is 11.5 Å². The molecule has 1 aromatic heterocycles. The number of nitro groups is 1. The smallest absolute Gasteiger partial charge is 0.373 e. The van der Waals surface area contributed by atoms with Crippen LogP contribution in [0.5, 0.6) is 11.6 Å². The number of hydrogen-bond acceptors (Lipinski definition) is 6. The van der Waals surface area contributed by atoms with Crippen molar-refractivity contribution in [3.8, 4) is 11.6 Å². The van der Waals surface area contributed by atoms with Crippen molar-refractivity contribution in [2.75, 3.05) is 11.4 Å². The van der Waals surface area contributed by atoms with Gasteiger partial charge in [0.15, 0.2) is 0 Å². The zero-order valence-electron chi connectivity index (χ0n) is 16.4. The van der Waals surface area contributed by atoms with E-state index >= 15 is 0 Å². The lowest BCUT2D eigenvalue weighted by atomic mass is 10.00. The van der Waals surface area contributed by atoms with E-state index < -0.39 is 4.92 Å². The maximum absolute atomic E-state index is 11.9. The molecule has 2 heterocycles. The summed E-state index contributed by atoms with van der Waals surface area (Å²) in [7, 11) is 0. The minimum atomic E-state index is -0.465. The molecule has 1 aliphatic heterocycles. The second-order valence-electron chi connectivity index (χ2n) is 7.37. The lowest BCUT2D eigenvalue weighted by molar-refractivity contribution is -0.385. The molecule has 0 radical (unpaired) electrons. The molecule has 7 heteroatoms. The van der Waals surface area contributed by atoms with Gasteiger partial charge in [0.25, 0.3) is 0 Å². The summed E-state index contributed by atoms with van der Waals surface area (Å²) in [5.41, 5.74) is 3.38. The molecule has 148 valence electrons. The van der Waals surface area contributed by atoms with E-state index in [2.05, 4.69) is 29.9 Å². The number of hydrogen-bond donors (Lipinski definition) is 0.